The number of Topliss-reactive ketones (excluding diaryl/α,β-unsaturated/α-hetero) is 1. The first kappa shape index (κ1) is 11.6. The van der Waals surface area contributed by atoms with E-state index in [2.05, 4.69) is 0 Å². The first-order valence-electron chi connectivity index (χ1n) is 5.52. The molecule has 17 heavy (non-hydrogen) atoms. The molecule has 0 spiro atoms. The zero-order chi connectivity index (χ0) is 12.4. The smallest absolute Gasteiger partial charge is 0.321 e. The van der Waals surface area contributed by atoms with E-state index in [4.69, 9.17) is 4.74 Å². The van der Waals surface area contributed by atoms with Gasteiger partial charge in [0.25, 0.3) is 0 Å². The fourth-order valence-electron chi connectivity index (χ4n) is 1.90. The van der Waals surface area contributed by atoms with Crippen LogP contribution in [-0.2, 0) is 14.3 Å². The third-order valence-electron chi connectivity index (χ3n) is 2.82. The summed E-state index contributed by atoms with van der Waals surface area (Å²) in [5.41, 5.74) is 2.90. The zero-order valence-corrected chi connectivity index (χ0v) is 9.90. The van der Waals surface area contributed by atoms with Gasteiger partial charge in [-0.3, -0.25) is 9.59 Å². The van der Waals surface area contributed by atoms with Crippen molar-refractivity contribution in [3.63, 3.8) is 0 Å². The number of cyclic esters (lactones) is 1. The van der Waals surface area contributed by atoms with Gasteiger partial charge in [-0.05, 0) is 25.0 Å². The van der Waals surface area contributed by atoms with Crippen molar-refractivity contribution in [2.45, 2.75) is 13.8 Å². The topological polar surface area (TPSA) is 43.4 Å². The van der Waals surface area contributed by atoms with E-state index in [0.29, 0.717) is 0 Å². The Morgan fingerprint density at radius 2 is 2.00 bits per heavy atom. The molecule has 1 aromatic carbocycles. The molecule has 0 N–H and O–H groups in total. The van der Waals surface area contributed by atoms with Crippen LogP contribution in [0.2, 0.25) is 0 Å². The van der Waals surface area contributed by atoms with E-state index in [1.807, 2.05) is 37.3 Å². The van der Waals surface area contributed by atoms with Crippen LogP contribution in [0.1, 0.15) is 18.1 Å². The molecule has 1 saturated heterocycles. The number of rotatable bonds is 2. The van der Waals surface area contributed by atoms with Gasteiger partial charge in [0.05, 0.1) is 0 Å². The molecule has 0 saturated carbocycles. The highest BCUT2D eigenvalue weighted by Crippen LogP contribution is 2.24. The molecular formula is C14H14O3. The van der Waals surface area contributed by atoms with Gasteiger partial charge in [0.2, 0.25) is 0 Å². The third kappa shape index (κ3) is 2.44. The number of carbonyl (C=O) groups excluding carboxylic acids is 2. The maximum absolute atomic E-state index is 11.4. The van der Waals surface area contributed by atoms with Gasteiger partial charge in [0.15, 0.2) is 0 Å². The molecule has 1 aromatic rings. The number of aryl methyl sites for hydroxylation is 1. The number of benzene rings is 1. The van der Waals surface area contributed by atoms with Crippen LogP contribution in [0.25, 0.3) is 6.08 Å². The first-order valence-corrected chi connectivity index (χ1v) is 5.52. The van der Waals surface area contributed by atoms with E-state index in [9.17, 15) is 9.59 Å². The Kier molecular flexibility index (Phi) is 3.09. The molecule has 0 bridgehead atoms. The molecule has 88 valence electrons. The molecule has 2 rings (SSSR count). The van der Waals surface area contributed by atoms with Crippen LogP contribution in [0.4, 0.5) is 0 Å². The molecule has 3 heteroatoms. The van der Waals surface area contributed by atoms with Gasteiger partial charge < -0.3 is 4.74 Å². The van der Waals surface area contributed by atoms with Crippen molar-refractivity contribution >= 4 is 17.8 Å². The van der Waals surface area contributed by atoms with Crippen LogP contribution in [0, 0.1) is 12.8 Å². The minimum absolute atomic E-state index is 0.161. The van der Waals surface area contributed by atoms with Crippen molar-refractivity contribution in [3.05, 3.63) is 41.0 Å². The third-order valence-corrected chi connectivity index (χ3v) is 2.82. The van der Waals surface area contributed by atoms with E-state index in [1.165, 1.54) is 12.5 Å². The van der Waals surface area contributed by atoms with Gasteiger partial charge in [0, 0.05) is 0 Å². The predicted molar refractivity (Wildman–Crippen MR) is 64.3 cm³/mol. The number of hydrogen-bond donors (Lipinski definition) is 0. The molecule has 0 aromatic heterocycles. The van der Waals surface area contributed by atoms with E-state index in [0.717, 1.165) is 11.1 Å². The Hall–Kier alpha value is -1.90. The lowest BCUT2D eigenvalue weighted by molar-refractivity contribution is -0.143. The number of hydrogen-bond acceptors (Lipinski definition) is 3. The van der Waals surface area contributed by atoms with E-state index in [-0.39, 0.29) is 12.4 Å². The molecule has 1 atom stereocenters. The molecule has 1 heterocycles. The Morgan fingerprint density at radius 3 is 2.59 bits per heavy atom. The summed E-state index contributed by atoms with van der Waals surface area (Å²) >= 11 is 0. The quantitative estimate of drug-likeness (QED) is 0.577. The van der Waals surface area contributed by atoms with Crippen LogP contribution in [0.3, 0.4) is 0 Å². The average Bonchev–Trinajstić information content (AvgIpc) is 2.63. The van der Waals surface area contributed by atoms with Crippen molar-refractivity contribution in [2.75, 3.05) is 6.61 Å². The van der Waals surface area contributed by atoms with Crippen molar-refractivity contribution in [2.24, 2.45) is 5.92 Å². The Labute approximate surface area is 100 Å². The number of esters is 1. The lowest BCUT2D eigenvalue weighted by Gasteiger charge is -2.03. The number of ketones is 1. The van der Waals surface area contributed by atoms with Gasteiger partial charge in [-0.25, -0.2) is 0 Å². The summed E-state index contributed by atoms with van der Waals surface area (Å²) in [4.78, 5) is 22.8. The first-order chi connectivity index (χ1) is 8.08. The van der Waals surface area contributed by atoms with Crippen LogP contribution < -0.4 is 0 Å². The second kappa shape index (κ2) is 4.53. The van der Waals surface area contributed by atoms with E-state index in [1.54, 1.807) is 0 Å². The SMILES string of the molecule is CC(=O)C1C(=O)OCC1=Cc1ccc(C)cc1. The Morgan fingerprint density at radius 1 is 1.35 bits per heavy atom. The highest BCUT2D eigenvalue weighted by molar-refractivity contribution is 6.03. The lowest BCUT2D eigenvalue weighted by Crippen LogP contribution is -2.17. The van der Waals surface area contributed by atoms with Gasteiger partial charge in [-0.2, -0.15) is 0 Å². The van der Waals surface area contributed by atoms with Crippen LogP contribution >= 0.6 is 0 Å². The van der Waals surface area contributed by atoms with Crippen LogP contribution in [0.15, 0.2) is 29.8 Å². The van der Waals surface area contributed by atoms with Crippen LogP contribution in [-0.4, -0.2) is 18.4 Å². The van der Waals surface area contributed by atoms with Crippen molar-refractivity contribution < 1.29 is 14.3 Å². The molecule has 1 aliphatic rings. The lowest BCUT2D eigenvalue weighted by atomic mass is 9.96. The summed E-state index contributed by atoms with van der Waals surface area (Å²) < 4.78 is 4.91. The van der Waals surface area contributed by atoms with Crippen LogP contribution in [0.5, 0.6) is 0 Å². The molecule has 1 unspecified atom stereocenters. The van der Waals surface area contributed by atoms with Gasteiger partial charge in [0.1, 0.15) is 18.3 Å². The minimum atomic E-state index is -0.712. The van der Waals surface area contributed by atoms with Gasteiger partial charge >= 0.3 is 5.97 Å². The van der Waals surface area contributed by atoms with Crippen molar-refractivity contribution in [1.82, 2.24) is 0 Å². The average molecular weight is 230 g/mol. The van der Waals surface area contributed by atoms with Gasteiger partial charge in [-0.1, -0.05) is 35.9 Å². The predicted octanol–water partition coefficient (Wildman–Crippen LogP) is 2.14. The maximum Gasteiger partial charge on any atom is 0.321 e. The van der Waals surface area contributed by atoms with E-state index >= 15 is 0 Å². The zero-order valence-electron chi connectivity index (χ0n) is 9.90. The molecule has 1 fully saturated rings. The standard InChI is InChI=1S/C14H14O3/c1-9-3-5-11(6-4-9)7-12-8-17-14(16)13(12)10(2)15/h3-7,13H,8H2,1-2H3. The molecule has 0 amide bonds. The van der Waals surface area contributed by atoms with Gasteiger partial charge in [-0.15, -0.1) is 0 Å². The summed E-state index contributed by atoms with van der Waals surface area (Å²) in [7, 11) is 0. The molecule has 0 aliphatic carbocycles. The molecule has 3 nitrogen and oxygen atoms in total. The fraction of sp³-hybridized carbons (Fsp3) is 0.286. The highest BCUT2D eigenvalue weighted by atomic mass is 16.5. The molecule has 0 radical (unpaired) electrons. The normalized spacial score (nSPS) is 21.6. The minimum Gasteiger partial charge on any atom is -0.460 e. The Bertz CT molecular complexity index is 483. The summed E-state index contributed by atoms with van der Waals surface area (Å²) in [5, 5.41) is 0. The number of ether oxygens (including phenoxy) is 1. The molecular weight excluding hydrogens is 216 g/mol. The second-order valence-corrected chi connectivity index (χ2v) is 4.28. The summed E-state index contributed by atoms with van der Waals surface area (Å²) in [5.74, 6) is -1.31. The summed E-state index contributed by atoms with van der Waals surface area (Å²) in [6, 6.07) is 7.91. The largest absolute Gasteiger partial charge is 0.460 e. The number of carbonyl (C=O) groups is 2. The summed E-state index contributed by atoms with van der Waals surface area (Å²) in [6.07, 6.45) is 1.86. The maximum atomic E-state index is 11.4. The van der Waals surface area contributed by atoms with Crippen molar-refractivity contribution in [3.8, 4) is 0 Å². The highest BCUT2D eigenvalue weighted by Gasteiger charge is 2.35. The molecule has 1 aliphatic heterocycles. The fourth-order valence-corrected chi connectivity index (χ4v) is 1.90. The second-order valence-electron chi connectivity index (χ2n) is 4.28. The van der Waals surface area contributed by atoms with E-state index < -0.39 is 11.9 Å². The monoisotopic (exact) mass is 230 g/mol. The summed E-state index contributed by atoms with van der Waals surface area (Å²) in [6.45, 7) is 3.65. The Balaban J connectivity index is 2.30. The van der Waals surface area contributed by atoms with Crippen molar-refractivity contribution in [1.29, 1.82) is 0 Å².